The van der Waals surface area contributed by atoms with Crippen molar-refractivity contribution in [2.24, 2.45) is 4.99 Å². The normalized spacial score (nSPS) is 16.3. The Morgan fingerprint density at radius 1 is 1.13 bits per heavy atom. The number of fused-ring (bicyclic) bond motifs is 3. The average Bonchev–Trinajstić information content (AvgIpc) is 3.01. The lowest BCUT2D eigenvalue weighted by Crippen LogP contribution is -2.08. The van der Waals surface area contributed by atoms with Crippen molar-refractivity contribution < 1.29 is 4.74 Å². The van der Waals surface area contributed by atoms with Crippen LogP contribution < -0.4 is 0 Å². The summed E-state index contributed by atoms with van der Waals surface area (Å²) in [7, 11) is 1.62. The predicted molar refractivity (Wildman–Crippen MR) is 88.2 cm³/mol. The fraction of sp³-hybridized carbons (Fsp3) is 0.118. The van der Waals surface area contributed by atoms with Gasteiger partial charge in [-0.1, -0.05) is 47.1 Å². The zero-order chi connectivity index (χ0) is 15.8. The highest BCUT2D eigenvalue weighted by molar-refractivity contribution is 6.31. The number of methoxy groups -OCH3 is 1. The van der Waals surface area contributed by atoms with Crippen LogP contribution in [0.2, 0.25) is 5.02 Å². The molecule has 1 unspecified atom stereocenters. The smallest absolute Gasteiger partial charge is 0.193 e. The van der Waals surface area contributed by atoms with Crippen molar-refractivity contribution in [3.05, 3.63) is 76.6 Å². The molecule has 3 aromatic rings. The summed E-state index contributed by atoms with van der Waals surface area (Å²) >= 11 is 6.22. The van der Waals surface area contributed by atoms with Gasteiger partial charge in [-0.15, -0.1) is 5.10 Å². The first kappa shape index (κ1) is 14.1. The minimum absolute atomic E-state index is 0.480. The van der Waals surface area contributed by atoms with Gasteiger partial charge >= 0.3 is 0 Å². The van der Waals surface area contributed by atoms with E-state index in [4.69, 9.17) is 21.3 Å². The molecule has 0 fully saturated rings. The zero-order valence-corrected chi connectivity index (χ0v) is 13.1. The van der Waals surface area contributed by atoms with Crippen molar-refractivity contribution in [1.29, 1.82) is 0 Å². The van der Waals surface area contributed by atoms with Gasteiger partial charge < -0.3 is 4.74 Å². The summed E-state index contributed by atoms with van der Waals surface area (Å²) in [5.74, 6) is 0. The van der Waals surface area contributed by atoms with Gasteiger partial charge in [0.1, 0.15) is 5.69 Å². The van der Waals surface area contributed by atoms with Crippen molar-refractivity contribution in [3.8, 4) is 5.69 Å². The largest absolute Gasteiger partial charge is 0.354 e. The molecule has 4 rings (SSSR count). The third-order valence-corrected chi connectivity index (χ3v) is 4.02. The molecule has 1 aromatic heterocycles. The van der Waals surface area contributed by atoms with Crippen LogP contribution in [0, 0.1) is 0 Å². The molecule has 114 valence electrons. The van der Waals surface area contributed by atoms with Crippen LogP contribution in [0.5, 0.6) is 0 Å². The number of halogens is 1. The third-order valence-electron chi connectivity index (χ3n) is 3.79. The molecule has 0 aliphatic carbocycles. The SMILES string of the molecule is COC1N=C(c2ccccc2)c2cc(Cl)ccc2-n2nncc21. The molecule has 0 spiro atoms. The number of hydrogen-bond donors (Lipinski definition) is 0. The Morgan fingerprint density at radius 2 is 1.96 bits per heavy atom. The van der Waals surface area contributed by atoms with Crippen molar-refractivity contribution in [2.45, 2.75) is 6.23 Å². The topological polar surface area (TPSA) is 52.3 Å². The number of benzene rings is 2. The Hall–Kier alpha value is -2.50. The van der Waals surface area contributed by atoms with Gasteiger partial charge in [0.05, 0.1) is 17.6 Å². The van der Waals surface area contributed by atoms with Crippen LogP contribution in [0.4, 0.5) is 0 Å². The van der Waals surface area contributed by atoms with E-state index in [0.29, 0.717) is 5.02 Å². The summed E-state index contributed by atoms with van der Waals surface area (Å²) in [6.07, 6.45) is 1.19. The van der Waals surface area contributed by atoms with Gasteiger partial charge in [-0.3, -0.25) is 0 Å². The molecule has 2 heterocycles. The Morgan fingerprint density at radius 3 is 2.74 bits per heavy atom. The number of aliphatic imine (C=N–C) groups is 1. The molecular weight excluding hydrogens is 312 g/mol. The summed E-state index contributed by atoms with van der Waals surface area (Å²) in [6, 6.07) is 15.6. The Balaban J connectivity index is 2.03. The van der Waals surface area contributed by atoms with E-state index in [-0.39, 0.29) is 0 Å². The highest BCUT2D eigenvalue weighted by Gasteiger charge is 2.26. The average molecular weight is 325 g/mol. The second kappa shape index (κ2) is 5.61. The van der Waals surface area contributed by atoms with Crippen molar-refractivity contribution >= 4 is 17.3 Å². The van der Waals surface area contributed by atoms with E-state index >= 15 is 0 Å². The monoisotopic (exact) mass is 324 g/mol. The fourth-order valence-corrected chi connectivity index (χ4v) is 2.91. The molecule has 1 aliphatic heterocycles. The van der Waals surface area contributed by atoms with Crippen LogP contribution >= 0.6 is 11.6 Å². The van der Waals surface area contributed by atoms with Gasteiger partial charge in [-0.05, 0) is 18.2 Å². The van der Waals surface area contributed by atoms with Crippen molar-refractivity contribution in [2.75, 3.05) is 7.11 Å². The first-order valence-electron chi connectivity index (χ1n) is 7.15. The number of aromatic nitrogens is 3. The molecule has 0 bridgehead atoms. The van der Waals surface area contributed by atoms with Gasteiger partial charge in [0, 0.05) is 23.3 Å². The lowest BCUT2D eigenvalue weighted by atomic mass is 10.0. The van der Waals surface area contributed by atoms with E-state index in [1.807, 2.05) is 48.5 Å². The molecule has 6 heteroatoms. The molecule has 1 atom stereocenters. The molecule has 23 heavy (non-hydrogen) atoms. The van der Waals surface area contributed by atoms with Gasteiger partial charge in [0.15, 0.2) is 6.23 Å². The zero-order valence-electron chi connectivity index (χ0n) is 12.3. The Kier molecular flexibility index (Phi) is 3.44. The van der Waals surface area contributed by atoms with E-state index in [9.17, 15) is 0 Å². The summed E-state index contributed by atoms with van der Waals surface area (Å²) in [5, 5.41) is 8.82. The first-order chi connectivity index (χ1) is 11.3. The standard InChI is InChI=1S/C17H13ClN4O/c1-23-17-15-10-19-21-22(15)14-8-7-12(18)9-13(14)16(20-17)11-5-3-2-4-6-11/h2-10,17H,1H3. The molecule has 5 nitrogen and oxygen atoms in total. The van der Waals surface area contributed by atoms with Gasteiger partial charge in [-0.25, -0.2) is 9.67 Å². The molecule has 2 aromatic carbocycles. The van der Waals surface area contributed by atoms with Crippen LogP contribution in [0.1, 0.15) is 23.0 Å². The second-order valence-corrected chi connectivity index (χ2v) is 5.60. The summed E-state index contributed by atoms with van der Waals surface area (Å²) in [4.78, 5) is 4.80. The van der Waals surface area contributed by atoms with Crippen LogP contribution in [-0.2, 0) is 4.74 Å². The summed E-state index contributed by atoms with van der Waals surface area (Å²) < 4.78 is 7.30. The summed E-state index contributed by atoms with van der Waals surface area (Å²) in [5.41, 5.74) is 4.37. The number of nitrogens with zero attached hydrogens (tertiary/aromatic N) is 4. The molecule has 0 radical (unpaired) electrons. The van der Waals surface area contributed by atoms with Crippen molar-refractivity contribution in [3.63, 3.8) is 0 Å². The molecule has 0 N–H and O–H groups in total. The lowest BCUT2D eigenvalue weighted by Gasteiger charge is -2.11. The molecule has 0 saturated heterocycles. The molecule has 0 amide bonds. The molecular formula is C17H13ClN4O. The predicted octanol–water partition coefficient (Wildman–Crippen LogP) is 3.42. The first-order valence-corrected chi connectivity index (χ1v) is 7.52. The fourth-order valence-electron chi connectivity index (χ4n) is 2.73. The highest BCUT2D eigenvalue weighted by Crippen LogP contribution is 2.31. The van der Waals surface area contributed by atoms with Crippen LogP contribution in [0.25, 0.3) is 5.69 Å². The van der Waals surface area contributed by atoms with E-state index in [1.165, 1.54) is 0 Å². The number of rotatable bonds is 2. The van der Waals surface area contributed by atoms with Crippen molar-refractivity contribution in [1.82, 2.24) is 15.0 Å². The Bertz CT molecular complexity index is 889. The maximum absolute atomic E-state index is 6.22. The maximum Gasteiger partial charge on any atom is 0.193 e. The third kappa shape index (κ3) is 2.34. The molecule has 0 saturated carbocycles. The van der Waals surface area contributed by atoms with E-state index in [0.717, 1.165) is 28.2 Å². The lowest BCUT2D eigenvalue weighted by molar-refractivity contribution is 0.106. The number of hydrogen-bond acceptors (Lipinski definition) is 4. The quantitative estimate of drug-likeness (QED) is 0.726. The van der Waals surface area contributed by atoms with Gasteiger partial charge in [-0.2, -0.15) is 0 Å². The van der Waals surface area contributed by atoms with Crippen LogP contribution in [-0.4, -0.2) is 27.8 Å². The number of ether oxygens (including phenoxy) is 1. The molecule has 1 aliphatic rings. The minimum Gasteiger partial charge on any atom is -0.354 e. The van der Waals surface area contributed by atoms with Crippen LogP contribution in [0.3, 0.4) is 0 Å². The van der Waals surface area contributed by atoms with E-state index < -0.39 is 6.23 Å². The summed E-state index contributed by atoms with van der Waals surface area (Å²) in [6.45, 7) is 0. The highest BCUT2D eigenvalue weighted by atomic mass is 35.5. The van der Waals surface area contributed by atoms with Gasteiger partial charge in [0.25, 0.3) is 0 Å². The van der Waals surface area contributed by atoms with Gasteiger partial charge in [0.2, 0.25) is 0 Å². The van der Waals surface area contributed by atoms with E-state index in [1.54, 1.807) is 18.0 Å². The maximum atomic E-state index is 6.22. The Labute approximate surface area is 138 Å². The minimum atomic E-state index is -0.480. The van der Waals surface area contributed by atoms with Crippen LogP contribution in [0.15, 0.2) is 59.7 Å². The second-order valence-electron chi connectivity index (χ2n) is 5.16. The van der Waals surface area contributed by atoms with E-state index in [2.05, 4.69) is 10.3 Å².